The van der Waals surface area contributed by atoms with Crippen molar-refractivity contribution in [3.05, 3.63) is 71.9 Å². The Morgan fingerprint density at radius 2 is 1.85 bits per heavy atom. The molecule has 0 aliphatic rings. The minimum atomic E-state index is -0.122. The summed E-state index contributed by atoms with van der Waals surface area (Å²) in [5, 5.41) is 7.66. The first-order chi connectivity index (χ1) is 13.2. The lowest BCUT2D eigenvalue weighted by molar-refractivity contribution is 0.0945. The van der Waals surface area contributed by atoms with E-state index in [4.69, 9.17) is 9.84 Å². The summed E-state index contributed by atoms with van der Waals surface area (Å²) in [7, 11) is 0. The first kappa shape index (κ1) is 18.9. The molecule has 1 amide bonds. The molecule has 140 valence electrons. The van der Waals surface area contributed by atoms with E-state index in [0.29, 0.717) is 31.0 Å². The molecule has 0 bridgehead atoms. The number of aryl methyl sites for hydroxylation is 1. The molecule has 3 rings (SSSR count). The van der Waals surface area contributed by atoms with Gasteiger partial charge in [-0.25, -0.2) is 4.68 Å². The number of aromatic nitrogens is 2. The molecule has 27 heavy (non-hydrogen) atoms. The van der Waals surface area contributed by atoms with Gasteiger partial charge in [-0.3, -0.25) is 4.79 Å². The summed E-state index contributed by atoms with van der Waals surface area (Å²) in [5.74, 6) is -0.122. The molecule has 0 atom stereocenters. The van der Waals surface area contributed by atoms with E-state index >= 15 is 0 Å². The summed E-state index contributed by atoms with van der Waals surface area (Å²) >= 11 is 0. The van der Waals surface area contributed by atoms with Gasteiger partial charge in [0.25, 0.3) is 5.91 Å². The van der Waals surface area contributed by atoms with E-state index in [2.05, 4.69) is 5.32 Å². The Balaban J connectivity index is 1.86. The van der Waals surface area contributed by atoms with Crippen molar-refractivity contribution in [3.8, 4) is 16.9 Å². The SMILES string of the molecule is CCOCCCNC(=O)c1cn(-c2ccc(C)cc2)nc1-c1ccccc1. The van der Waals surface area contributed by atoms with E-state index in [1.54, 1.807) is 10.9 Å². The van der Waals surface area contributed by atoms with Crippen LogP contribution in [0.4, 0.5) is 0 Å². The van der Waals surface area contributed by atoms with Gasteiger partial charge in [0.2, 0.25) is 0 Å². The molecular weight excluding hydrogens is 338 g/mol. The van der Waals surface area contributed by atoms with E-state index in [1.165, 1.54) is 5.56 Å². The predicted molar refractivity (Wildman–Crippen MR) is 107 cm³/mol. The van der Waals surface area contributed by atoms with Gasteiger partial charge in [0, 0.05) is 31.5 Å². The lowest BCUT2D eigenvalue weighted by atomic mass is 10.1. The summed E-state index contributed by atoms with van der Waals surface area (Å²) in [6, 6.07) is 17.9. The summed E-state index contributed by atoms with van der Waals surface area (Å²) in [6.45, 7) is 5.91. The molecular formula is C22H25N3O2. The molecule has 5 nitrogen and oxygen atoms in total. The zero-order valence-electron chi connectivity index (χ0n) is 15.8. The Bertz CT molecular complexity index is 870. The normalized spacial score (nSPS) is 10.7. The average Bonchev–Trinajstić information content (AvgIpc) is 3.14. The highest BCUT2D eigenvalue weighted by atomic mass is 16.5. The molecule has 0 aliphatic carbocycles. The van der Waals surface area contributed by atoms with Crippen LogP contribution in [-0.4, -0.2) is 35.4 Å². The van der Waals surface area contributed by atoms with Gasteiger partial charge >= 0.3 is 0 Å². The number of nitrogens with zero attached hydrogens (tertiary/aromatic N) is 2. The highest BCUT2D eigenvalue weighted by Crippen LogP contribution is 2.23. The number of amides is 1. The van der Waals surface area contributed by atoms with Crippen LogP contribution in [0.1, 0.15) is 29.3 Å². The molecule has 1 aromatic heterocycles. The molecule has 0 aliphatic heterocycles. The average molecular weight is 363 g/mol. The van der Waals surface area contributed by atoms with Crippen LogP contribution >= 0.6 is 0 Å². The van der Waals surface area contributed by atoms with Crippen molar-refractivity contribution in [1.82, 2.24) is 15.1 Å². The third-order valence-electron chi connectivity index (χ3n) is 4.26. The Morgan fingerprint density at radius 1 is 1.11 bits per heavy atom. The number of hydrogen-bond acceptors (Lipinski definition) is 3. The molecule has 0 saturated heterocycles. The van der Waals surface area contributed by atoms with Gasteiger partial charge < -0.3 is 10.1 Å². The number of carbonyl (C=O) groups is 1. The number of benzene rings is 2. The highest BCUT2D eigenvalue weighted by Gasteiger charge is 2.18. The van der Waals surface area contributed by atoms with Gasteiger partial charge in [-0.2, -0.15) is 5.10 Å². The third-order valence-corrected chi connectivity index (χ3v) is 4.26. The molecule has 0 saturated carbocycles. The van der Waals surface area contributed by atoms with Gasteiger partial charge in [-0.05, 0) is 32.4 Å². The van der Waals surface area contributed by atoms with Crippen LogP contribution in [0.25, 0.3) is 16.9 Å². The maximum absolute atomic E-state index is 12.8. The smallest absolute Gasteiger partial charge is 0.255 e. The van der Waals surface area contributed by atoms with Crippen molar-refractivity contribution in [2.24, 2.45) is 0 Å². The Morgan fingerprint density at radius 3 is 2.56 bits per heavy atom. The topological polar surface area (TPSA) is 56.1 Å². The number of ether oxygens (including phenoxy) is 1. The lowest BCUT2D eigenvalue weighted by Gasteiger charge is -2.05. The Kier molecular flexibility index (Phi) is 6.39. The second-order valence-corrected chi connectivity index (χ2v) is 6.34. The molecule has 2 aromatic carbocycles. The van der Waals surface area contributed by atoms with E-state index in [9.17, 15) is 4.79 Å². The number of carbonyl (C=O) groups excluding carboxylic acids is 1. The molecule has 5 heteroatoms. The third kappa shape index (κ3) is 4.83. The van der Waals surface area contributed by atoms with E-state index < -0.39 is 0 Å². The van der Waals surface area contributed by atoms with Crippen LogP contribution in [0.2, 0.25) is 0 Å². The molecule has 1 heterocycles. The second-order valence-electron chi connectivity index (χ2n) is 6.34. The molecule has 1 N–H and O–H groups in total. The van der Waals surface area contributed by atoms with Crippen LogP contribution in [0.3, 0.4) is 0 Å². The fraction of sp³-hybridized carbons (Fsp3) is 0.273. The van der Waals surface area contributed by atoms with Gasteiger partial charge in [0.15, 0.2) is 0 Å². The van der Waals surface area contributed by atoms with Crippen molar-refractivity contribution in [2.45, 2.75) is 20.3 Å². The first-order valence-corrected chi connectivity index (χ1v) is 9.27. The zero-order chi connectivity index (χ0) is 19.1. The molecule has 3 aromatic rings. The molecule has 0 radical (unpaired) electrons. The van der Waals surface area contributed by atoms with Crippen LogP contribution in [-0.2, 0) is 4.74 Å². The fourth-order valence-corrected chi connectivity index (χ4v) is 2.79. The zero-order valence-corrected chi connectivity index (χ0v) is 15.8. The fourth-order valence-electron chi connectivity index (χ4n) is 2.79. The minimum absolute atomic E-state index is 0.122. The largest absolute Gasteiger partial charge is 0.382 e. The van der Waals surface area contributed by atoms with Crippen LogP contribution < -0.4 is 5.32 Å². The van der Waals surface area contributed by atoms with Crippen molar-refractivity contribution in [1.29, 1.82) is 0 Å². The van der Waals surface area contributed by atoms with E-state index in [-0.39, 0.29) is 5.91 Å². The molecule has 0 spiro atoms. The van der Waals surface area contributed by atoms with Gasteiger partial charge in [0.1, 0.15) is 5.69 Å². The lowest BCUT2D eigenvalue weighted by Crippen LogP contribution is -2.25. The van der Waals surface area contributed by atoms with Crippen molar-refractivity contribution in [2.75, 3.05) is 19.8 Å². The Labute approximate surface area is 160 Å². The van der Waals surface area contributed by atoms with Crippen molar-refractivity contribution in [3.63, 3.8) is 0 Å². The second kappa shape index (κ2) is 9.14. The standard InChI is InChI=1S/C22H25N3O2/c1-3-27-15-7-14-23-22(26)20-16-25(19-12-10-17(2)11-13-19)24-21(20)18-8-5-4-6-9-18/h4-6,8-13,16H,3,7,14-15H2,1-2H3,(H,23,26). The van der Waals surface area contributed by atoms with Gasteiger partial charge in [-0.15, -0.1) is 0 Å². The maximum atomic E-state index is 12.8. The van der Waals surface area contributed by atoms with Crippen LogP contribution in [0.15, 0.2) is 60.8 Å². The molecule has 0 unspecified atom stereocenters. The summed E-state index contributed by atoms with van der Waals surface area (Å²) in [6.07, 6.45) is 2.58. The van der Waals surface area contributed by atoms with Crippen molar-refractivity contribution < 1.29 is 9.53 Å². The number of rotatable bonds is 8. The summed E-state index contributed by atoms with van der Waals surface area (Å²) in [4.78, 5) is 12.8. The van der Waals surface area contributed by atoms with Crippen molar-refractivity contribution >= 4 is 5.91 Å². The maximum Gasteiger partial charge on any atom is 0.255 e. The monoisotopic (exact) mass is 363 g/mol. The van der Waals surface area contributed by atoms with E-state index in [0.717, 1.165) is 17.7 Å². The molecule has 0 fully saturated rings. The Hall–Kier alpha value is -2.92. The summed E-state index contributed by atoms with van der Waals surface area (Å²) < 4.78 is 7.08. The van der Waals surface area contributed by atoms with Crippen LogP contribution in [0, 0.1) is 6.92 Å². The van der Waals surface area contributed by atoms with E-state index in [1.807, 2.05) is 68.4 Å². The van der Waals surface area contributed by atoms with Gasteiger partial charge in [-0.1, -0.05) is 48.0 Å². The highest BCUT2D eigenvalue weighted by molar-refractivity contribution is 5.99. The first-order valence-electron chi connectivity index (χ1n) is 9.27. The summed E-state index contributed by atoms with van der Waals surface area (Å²) in [5.41, 5.74) is 4.27. The van der Waals surface area contributed by atoms with Crippen LogP contribution in [0.5, 0.6) is 0 Å². The number of hydrogen-bond donors (Lipinski definition) is 1. The minimum Gasteiger partial charge on any atom is -0.382 e. The van der Waals surface area contributed by atoms with Gasteiger partial charge in [0.05, 0.1) is 11.3 Å². The predicted octanol–water partition coefficient (Wildman–Crippen LogP) is 4.00. The quantitative estimate of drug-likeness (QED) is 0.615. The number of nitrogens with one attached hydrogen (secondary N) is 1.